The maximum atomic E-state index is 13.1. The lowest BCUT2D eigenvalue weighted by Gasteiger charge is -2.45. The zero-order valence-corrected chi connectivity index (χ0v) is 20.8. The Morgan fingerprint density at radius 2 is 1.77 bits per heavy atom. The summed E-state index contributed by atoms with van der Waals surface area (Å²) in [5.41, 5.74) is -0.988. The molecule has 0 unspecified atom stereocenters. The van der Waals surface area contributed by atoms with Gasteiger partial charge in [-0.2, -0.15) is 0 Å². The molecule has 0 radical (unpaired) electrons. The Morgan fingerprint density at radius 3 is 2.44 bits per heavy atom. The molecule has 4 aliphatic rings. The van der Waals surface area contributed by atoms with E-state index in [1.165, 1.54) is 25.3 Å². The summed E-state index contributed by atoms with van der Waals surface area (Å²) < 4.78 is 27.7. The Hall–Kier alpha value is -3.04. The summed E-state index contributed by atoms with van der Waals surface area (Å²) in [5, 5.41) is 61.3. The van der Waals surface area contributed by atoms with Crippen molar-refractivity contribution in [3.63, 3.8) is 0 Å². The molecule has 2 fully saturated rings. The number of carbonyl (C=O) groups is 2. The molecule has 13 nitrogen and oxygen atoms in total. The second-order valence-corrected chi connectivity index (χ2v) is 10.0. The van der Waals surface area contributed by atoms with Gasteiger partial charge in [0.2, 0.25) is 6.29 Å². The lowest BCUT2D eigenvalue weighted by Crippen LogP contribution is -2.61. The van der Waals surface area contributed by atoms with E-state index in [0.717, 1.165) is 6.26 Å². The van der Waals surface area contributed by atoms with E-state index < -0.39 is 85.0 Å². The van der Waals surface area contributed by atoms with Crippen molar-refractivity contribution in [3.8, 4) is 5.75 Å². The van der Waals surface area contributed by atoms with Crippen LogP contribution in [0.4, 0.5) is 0 Å². The van der Waals surface area contributed by atoms with E-state index >= 15 is 0 Å². The highest BCUT2D eigenvalue weighted by molar-refractivity contribution is 5.89. The van der Waals surface area contributed by atoms with E-state index in [-0.39, 0.29) is 17.7 Å². The Kier molecular flexibility index (Phi) is 7.41. The third-order valence-electron chi connectivity index (χ3n) is 7.81. The maximum Gasteiger partial charge on any atom is 0.337 e. The molecular formula is C26H30O13. The van der Waals surface area contributed by atoms with Gasteiger partial charge in [-0.3, -0.25) is 4.79 Å². The maximum absolute atomic E-state index is 13.1. The molecule has 1 aromatic rings. The van der Waals surface area contributed by atoms with Gasteiger partial charge in [0.1, 0.15) is 36.3 Å². The molecule has 6 N–H and O–H groups in total. The first kappa shape index (κ1) is 27.5. The summed E-state index contributed by atoms with van der Waals surface area (Å²) in [7, 11) is 1.18. The predicted octanol–water partition coefficient (Wildman–Crippen LogP) is -1.76. The van der Waals surface area contributed by atoms with Gasteiger partial charge in [-0.25, -0.2) is 4.79 Å². The van der Waals surface area contributed by atoms with Gasteiger partial charge in [0, 0.05) is 5.92 Å². The van der Waals surface area contributed by atoms with Gasteiger partial charge in [0.25, 0.3) is 0 Å². The first-order valence-electron chi connectivity index (χ1n) is 12.4. The smallest absolute Gasteiger partial charge is 0.337 e. The largest absolute Gasteiger partial charge is 0.508 e. The number of aromatic hydroxyl groups is 1. The number of fused-ring (bicyclic) bond motifs is 2. The number of aliphatic hydroxyl groups excluding tert-OH is 5. The number of carbonyl (C=O) groups excluding carboxylic acids is 2. The quantitative estimate of drug-likeness (QED) is 0.172. The van der Waals surface area contributed by atoms with E-state index in [2.05, 4.69) is 0 Å². The van der Waals surface area contributed by atoms with Gasteiger partial charge < -0.3 is 54.3 Å². The molecule has 5 rings (SSSR count). The summed E-state index contributed by atoms with van der Waals surface area (Å²) in [4.78, 5) is 25.6. The number of ether oxygens (including phenoxy) is 5. The van der Waals surface area contributed by atoms with Crippen molar-refractivity contribution in [2.45, 2.75) is 55.1 Å². The van der Waals surface area contributed by atoms with Crippen LogP contribution in [-0.4, -0.2) is 105 Å². The molecule has 11 atom stereocenters. The molecule has 3 aliphatic heterocycles. The molecule has 3 heterocycles. The molecule has 212 valence electrons. The molecular weight excluding hydrogens is 520 g/mol. The van der Waals surface area contributed by atoms with E-state index in [1.807, 2.05) is 0 Å². The van der Waals surface area contributed by atoms with Crippen molar-refractivity contribution in [3.05, 3.63) is 53.8 Å². The Labute approximate surface area is 222 Å². The molecule has 1 aromatic carbocycles. The molecule has 0 saturated carbocycles. The average Bonchev–Trinajstić information content (AvgIpc) is 3.43. The molecule has 2 saturated heterocycles. The summed E-state index contributed by atoms with van der Waals surface area (Å²) in [6.07, 6.45) is -6.53. The number of aliphatic hydroxyl groups is 5. The SMILES string of the molecule is COC(=O)C1=CO[C@@H](O[C@@H]2O[C@H](CO)[C@@H](O)[C@H](O)[C@H]2O)[C@H]2[C@@H]1C=C[C@]21OC(=O)[C@H](Cc2ccc(O)cc2)[C@H]1O. The van der Waals surface area contributed by atoms with Crippen LogP contribution in [-0.2, 0) is 39.7 Å². The average molecular weight is 551 g/mol. The number of benzene rings is 1. The first-order chi connectivity index (χ1) is 18.6. The van der Waals surface area contributed by atoms with Crippen molar-refractivity contribution in [2.75, 3.05) is 13.7 Å². The number of hydrogen-bond donors (Lipinski definition) is 6. The molecule has 13 heteroatoms. The van der Waals surface area contributed by atoms with Gasteiger partial charge in [0.15, 0.2) is 11.9 Å². The number of esters is 2. The highest BCUT2D eigenvalue weighted by Crippen LogP contribution is 2.53. The van der Waals surface area contributed by atoms with Gasteiger partial charge >= 0.3 is 11.9 Å². The molecule has 0 bridgehead atoms. The summed E-state index contributed by atoms with van der Waals surface area (Å²) >= 11 is 0. The minimum Gasteiger partial charge on any atom is -0.508 e. The second kappa shape index (κ2) is 10.5. The summed E-state index contributed by atoms with van der Waals surface area (Å²) in [6.45, 7) is -0.685. The van der Waals surface area contributed by atoms with E-state index in [4.69, 9.17) is 23.7 Å². The molecule has 0 aromatic heterocycles. The number of phenolic OH excluding ortho intramolecular Hbond substituents is 1. The van der Waals surface area contributed by atoms with Crippen molar-refractivity contribution in [1.82, 2.24) is 0 Å². The van der Waals surface area contributed by atoms with Gasteiger partial charge in [-0.05, 0) is 30.2 Å². The minimum atomic E-state index is -1.75. The zero-order chi connectivity index (χ0) is 28.1. The highest BCUT2D eigenvalue weighted by Gasteiger charge is 2.66. The molecule has 1 spiro atoms. The predicted molar refractivity (Wildman–Crippen MR) is 126 cm³/mol. The molecule has 1 aliphatic carbocycles. The standard InChI is InChI=1S/C26H30O13/c1-35-22(33)15-10-36-24(38-25-20(31)19(30)18(29)16(9-27)37-25)17-13(15)6-7-26(17)21(32)14(23(34)39-26)8-11-2-4-12(28)5-3-11/h2-7,10,13-14,16-21,24-25,27-32H,8-9H2,1H3/t13-,14-,16-,17-,18-,19+,20-,21-,24+,25+,26+/m1/s1. The van der Waals surface area contributed by atoms with Gasteiger partial charge in [0.05, 0.1) is 37.4 Å². The van der Waals surface area contributed by atoms with E-state index in [0.29, 0.717) is 5.56 Å². The summed E-state index contributed by atoms with van der Waals surface area (Å²) in [6, 6.07) is 6.13. The number of rotatable bonds is 6. The third kappa shape index (κ3) is 4.59. The van der Waals surface area contributed by atoms with Crippen molar-refractivity contribution in [2.24, 2.45) is 17.8 Å². The fraction of sp³-hybridized carbons (Fsp3) is 0.538. The van der Waals surface area contributed by atoms with Crippen molar-refractivity contribution in [1.29, 1.82) is 0 Å². The lowest BCUT2D eigenvalue weighted by molar-refractivity contribution is -0.347. The van der Waals surface area contributed by atoms with Crippen molar-refractivity contribution >= 4 is 11.9 Å². The van der Waals surface area contributed by atoms with E-state index in [9.17, 15) is 40.2 Å². The number of phenols is 1. The number of hydrogen-bond acceptors (Lipinski definition) is 13. The minimum absolute atomic E-state index is 0.0426. The normalized spacial score (nSPS) is 41.1. The highest BCUT2D eigenvalue weighted by atomic mass is 16.8. The lowest BCUT2D eigenvalue weighted by atomic mass is 9.74. The van der Waals surface area contributed by atoms with Crippen LogP contribution in [0.1, 0.15) is 5.56 Å². The number of allylic oxidation sites excluding steroid dienone is 1. The topological polar surface area (TPSA) is 202 Å². The van der Waals surface area contributed by atoms with Gasteiger partial charge in [-0.15, -0.1) is 0 Å². The van der Waals surface area contributed by atoms with Crippen LogP contribution < -0.4 is 0 Å². The van der Waals surface area contributed by atoms with Crippen LogP contribution in [0.15, 0.2) is 48.3 Å². The zero-order valence-electron chi connectivity index (χ0n) is 20.8. The summed E-state index contributed by atoms with van der Waals surface area (Å²) in [5.74, 6) is -4.28. The van der Waals surface area contributed by atoms with Gasteiger partial charge in [-0.1, -0.05) is 18.2 Å². The van der Waals surface area contributed by atoms with Crippen LogP contribution in [0.5, 0.6) is 5.75 Å². The van der Waals surface area contributed by atoms with Crippen LogP contribution >= 0.6 is 0 Å². The van der Waals surface area contributed by atoms with E-state index in [1.54, 1.807) is 18.2 Å². The number of methoxy groups -OCH3 is 1. The monoisotopic (exact) mass is 550 g/mol. The van der Waals surface area contributed by atoms with Crippen LogP contribution in [0, 0.1) is 17.8 Å². The Bertz CT molecular complexity index is 1150. The Morgan fingerprint density at radius 1 is 1.05 bits per heavy atom. The molecule has 39 heavy (non-hydrogen) atoms. The van der Waals surface area contributed by atoms with Crippen LogP contribution in [0.2, 0.25) is 0 Å². The second-order valence-electron chi connectivity index (χ2n) is 10.0. The fourth-order valence-corrected chi connectivity index (χ4v) is 5.71. The van der Waals surface area contributed by atoms with Crippen LogP contribution in [0.3, 0.4) is 0 Å². The van der Waals surface area contributed by atoms with Crippen LogP contribution in [0.25, 0.3) is 0 Å². The first-order valence-corrected chi connectivity index (χ1v) is 12.4. The Balaban J connectivity index is 1.46. The van der Waals surface area contributed by atoms with Crippen molar-refractivity contribution < 1.29 is 63.9 Å². The third-order valence-corrected chi connectivity index (χ3v) is 7.81. The molecule has 0 amide bonds. The fourth-order valence-electron chi connectivity index (χ4n) is 5.71.